The number of alkyl halides is 3. The molecule has 23 heavy (non-hydrogen) atoms. The van der Waals surface area contributed by atoms with E-state index in [0.717, 1.165) is 0 Å². The molecule has 1 amide bonds. The van der Waals surface area contributed by atoms with Crippen molar-refractivity contribution in [2.45, 2.75) is 32.1 Å². The Morgan fingerprint density at radius 1 is 1.35 bits per heavy atom. The Morgan fingerprint density at radius 2 is 2.00 bits per heavy atom. The predicted octanol–water partition coefficient (Wildman–Crippen LogP) is 2.49. The number of carbonyl (C=O) groups is 2. The molecule has 1 aromatic heterocycles. The van der Waals surface area contributed by atoms with Gasteiger partial charge in [-0.05, 0) is 19.1 Å². The summed E-state index contributed by atoms with van der Waals surface area (Å²) >= 11 is 5.73. The summed E-state index contributed by atoms with van der Waals surface area (Å²) in [5.41, 5.74) is -3.75. The highest BCUT2D eigenvalue weighted by Gasteiger charge is 2.63. The molecule has 0 aliphatic rings. The molecule has 0 fully saturated rings. The van der Waals surface area contributed by atoms with E-state index in [1.165, 1.54) is 32.2 Å². The van der Waals surface area contributed by atoms with E-state index in [9.17, 15) is 22.8 Å². The Kier molecular flexibility index (Phi) is 6.20. The van der Waals surface area contributed by atoms with Crippen LogP contribution in [0.25, 0.3) is 0 Å². The number of halogens is 4. The van der Waals surface area contributed by atoms with Crippen molar-refractivity contribution in [2.75, 3.05) is 11.9 Å². The van der Waals surface area contributed by atoms with Crippen molar-refractivity contribution in [1.29, 1.82) is 0 Å². The van der Waals surface area contributed by atoms with E-state index in [1.807, 2.05) is 5.32 Å². The van der Waals surface area contributed by atoms with Gasteiger partial charge in [-0.2, -0.15) is 13.2 Å². The topological polar surface area (TPSA) is 80.3 Å². The molecule has 0 spiro atoms. The maximum absolute atomic E-state index is 13.6. The molecule has 1 heterocycles. The number of pyridine rings is 1. The first-order chi connectivity index (χ1) is 10.7. The summed E-state index contributed by atoms with van der Waals surface area (Å²) in [4.78, 5) is 27.2. The standard InChI is InChI=1S/C13H15ClF3N3O3/c1-3-9(21)20-12(13(15,16)17,11(22)23-4-2)19-8-6-5-7-18-10(8)14/h5-7,19H,3-4H2,1-2H3,(H,20,21)/t12-/m1/s1. The number of nitrogens with zero attached hydrogens (tertiary/aromatic N) is 1. The van der Waals surface area contributed by atoms with Gasteiger partial charge in [-0.25, -0.2) is 9.78 Å². The lowest BCUT2D eigenvalue weighted by Crippen LogP contribution is -2.69. The van der Waals surface area contributed by atoms with Gasteiger partial charge in [0.05, 0.1) is 12.3 Å². The summed E-state index contributed by atoms with van der Waals surface area (Å²) in [5, 5.41) is 3.27. The van der Waals surface area contributed by atoms with Gasteiger partial charge in [-0.3, -0.25) is 4.79 Å². The first-order valence-electron chi connectivity index (χ1n) is 6.61. The quantitative estimate of drug-likeness (QED) is 0.466. The van der Waals surface area contributed by atoms with Crippen LogP contribution in [0.3, 0.4) is 0 Å². The summed E-state index contributed by atoms with van der Waals surface area (Å²) in [7, 11) is 0. The number of carbonyl (C=O) groups excluding carboxylic acids is 2. The molecule has 0 saturated heterocycles. The Hall–Kier alpha value is -2.03. The van der Waals surface area contributed by atoms with E-state index < -0.39 is 23.7 Å². The zero-order valence-electron chi connectivity index (χ0n) is 12.3. The second-order valence-corrected chi connectivity index (χ2v) is 4.69. The normalized spacial score (nSPS) is 13.8. The number of amides is 1. The van der Waals surface area contributed by atoms with Crippen LogP contribution in [0, 0.1) is 0 Å². The van der Waals surface area contributed by atoms with Crippen molar-refractivity contribution in [3.63, 3.8) is 0 Å². The third-order valence-electron chi connectivity index (χ3n) is 2.74. The molecule has 0 saturated carbocycles. The number of esters is 1. The lowest BCUT2D eigenvalue weighted by atomic mass is 10.1. The molecule has 1 aromatic rings. The molecule has 10 heteroatoms. The van der Waals surface area contributed by atoms with Crippen LogP contribution in [0.4, 0.5) is 18.9 Å². The highest BCUT2D eigenvalue weighted by atomic mass is 35.5. The van der Waals surface area contributed by atoms with Crippen LogP contribution in [0.5, 0.6) is 0 Å². The molecule has 0 aliphatic carbocycles. The fraction of sp³-hybridized carbons (Fsp3) is 0.462. The minimum atomic E-state index is -5.19. The Labute approximate surface area is 135 Å². The van der Waals surface area contributed by atoms with Crippen molar-refractivity contribution in [1.82, 2.24) is 10.3 Å². The van der Waals surface area contributed by atoms with E-state index in [2.05, 4.69) is 9.72 Å². The van der Waals surface area contributed by atoms with E-state index in [0.29, 0.717) is 0 Å². The number of ether oxygens (including phenoxy) is 1. The average Bonchev–Trinajstić information content (AvgIpc) is 2.47. The van der Waals surface area contributed by atoms with Crippen molar-refractivity contribution in [3.8, 4) is 0 Å². The SMILES string of the molecule is CCOC(=O)[C@](NC(=O)CC)(Nc1cccnc1Cl)C(F)(F)F. The maximum atomic E-state index is 13.6. The van der Waals surface area contributed by atoms with Crippen LogP contribution in [-0.2, 0) is 14.3 Å². The lowest BCUT2D eigenvalue weighted by molar-refractivity contribution is -0.207. The van der Waals surface area contributed by atoms with Crippen LogP contribution >= 0.6 is 11.6 Å². The number of hydrogen-bond acceptors (Lipinski definition) is 5. The number of nitrogens with one attached hydrogen (secondary N) is 2. The van der Waals surface area contributed by atoms with E-state index in [1.54, 1.807) is 5.32 Å². The molecule has 0 aliphatic heterocycles. The highest BCUT2D eigenvalue weighted by molar-refractivity contribution is 6.32. The van der Waals surface area contributed by atoms with Crippen LogP contribution in [0.1, 0.15) is 20.3 Å². The fourth-order valence-electron chi connectivity index (χ4n) is 1.61. The zero-order valence-corrected chi connectivity index (χ0v) is 13.1. The van der Waals surface area contributed by atoms with Crippen LogP contribution in [0.2, 0.25) is 5.15 Å². The largest absolute Gasteiger partial charge is 0.463 e. The van der Waals surface area contributed by atoms with E-state index in [4.69, 9.17) is 11.6 Å². The van der Waals surface area contributed by atoms with E-state index >= 15 is 0 Å². The summed E-state index contributed by atoms with van der Waals surface area (Å²) in [6.45, 7) is 2.39. The molecule has 0 unspecified atom stereocenters. The number of aromatic nitrogens is 1. The highest BCUT2D eigenvalue weighted by Crippen LogP contribution is 2.34. The van der Waals surface area contributed by atoms with Gasteiger partial charge in [0, 0.05) is 12.6 Å². The van der Waals surface area contributed by atoms with Gasteiger partial charge in [0.2, 0.25) is 5.91 Å². The molecule has 2 N–H and O–H groups in total. The third kappa shape index (κ3) is 4.25. The van der Waals surface area contributed by atoms with E-state index in [-0.39, 0.29) is 23.9 Å². The van der Waals surface area contributed by atoms with Gasteiger partial charge < -0.3 is 15.4 Å². The summed E-state index contributed by atoms with van der Waals surface area (Å²) in [5.74, 6) is -2.70. The lowest BCUT2D eigenvalue weighted by Gasteiger charge is -2.35. The Morgan fingerprint density at radius 3 is 2.48 bits per heavy atom. The van der Waals surface area contributed by atoms with Crippen molar-refractivity contribution in [3.05, 3.63) is 23.5 Å². The Bertz CT molecular complexity index is 583. The summed E-state index contributed by atoms with van der Waals surface area (Å²) < 4.78 is 45.4. The molecule has 1 atom stereocenters. The smallest absolute Gasteiger partial charge is 0.441 e. The van der Waals surface area contributed by atoms with Crippen molar-refractivity contribution >= 4 is 29.2 Å². The number of anilines is 1. The molecule has 128 valence electrons. The van der Waals surface area contributed by atoms with Gasteiger partial charge in [0.25, 0.3) is 0 Å². The molecule has 6 nitrogen and oxygen atoms in total. The monoisotopic (exact) mass is 353 g/mol. The first-order valence-corrected chi connectivity index (χ1v) is 6.99. The molecular formula is C13H15ClF3N3O3. The molecule has 0 aromatic carbocycles. The fourth-order valence-corrected chi connectivity index (χ4v) is 1.78. The Balaban J connectivity index is 3.39. The second-order valence-electron chi connectivity index (χ2n) is 4.34. The van der Waals surface area contributed by atoms with Crippen LogP contribution in [0.15, 0.2) is 18.3 Å². The van der Waals surface area contributed by atoms with Crippen LogP contribution < -0.4 is 10.6 Å². The first kappa shape index (κ1) is 19.0. The molecule has 1 rings (SSSR count). The maximum Gasteiger partial charge on any atom is 0.441 e. The predicted molar refractivity (Wildman–Crippen MR) is 76.7 cm³/mol. The van der Waals surface area contributed by atoms with Gasteiger partial charge in [0.15, 0.2) is 5.15 Å². The minimum Gasteiger partial charge on any atom is -0.463 e. The van der Waals surface area contributed by atoms with Crippen LogP contribution in [-0.4, -0.2) is 35.3 Å². The van der Waals surface area contributed by atoms with Crippen molar-refractivity contribution in [2.24, 2.45) is 0 Å². The summed E-state index contributed by atoms with van der Waals surface area (Å²) in [6, 6.07) is 2.51. The molecule has 0 bridgehead atoms. The second kappa shape index (κ2) is 7.49. The minimum absolute atomic E-state index is 0.264. The van der Waals surface area contributed by atoms with Gasteiger partial charge in [-0.15, -0.1) is 0 Å². The molecular weight excluding hydrogens is 339 g/mol. The van der Waals surface area contributed by atoms with Gasteiger partial charge >= 0.3 is 17.8 Å². The average molecular weight is 354 g/mol. The zero-order chi connectivity index (χ0) is 17.7. The molecule has 0 radical (unpaired) electrons. The number of rotatable bonds is 6. The van der Waals surface area contributed by atoms with Crippen molar-refractivity contribution < 1.29 is 27.5 Å². The third-order valence-corrected chi connectivity index (χ3v) is 3.04. The van der Waals surface area contributed by atoms with Gasteiger partial charge in [-0.1, -0.05) is 18.5 Å². The number of hydrogen-bond donors (Lipinski definition) is 2. The van der Waals surface area contributed by atoms with Gasteiger partial charge in [0.1, 0.15) is 0 Å². The summed E-state index contributed by atoms with van der Waals surface area (Å²) in [6.07, 6.45) is -4.19.